The maximum atomic E-state index is 12.9. The van der Waals surface area contributed by atoms with Crippen LogP contribution in [0, 0.1) is 5.92 Å². The molecule has 0 radical (unpaired) electrons. The van der Waals surface area contributed by atoms with Crippen LogP contribution in [0.25, 0.3) is 0 Å². The van der Waals surface area contributed by atoms with Crippen LogP contribution >= 0.6 is 0 Å². The first-order valence-electron chi connectivity index (χ1n) is 8.91. The number of carbonyl (C=O) groups is 1. The zero-order valence-electron chi connectivity index (χ0n) is 13.9. The quantitative estimate of drug-likeness (QED) is 0.829. The lowest BCUT2D eigenvalue weighted by Crippen LogP contribution is -2.41. The van der Waals surface area contributed by atoms with Crippen LogP contribution in [0.1, 0.15) is 87.5 Å². The van der Waals surface area contributed by atoms with Crippen molar-refractivity contribution in [3.8, 4) is 0 Å². The Hall–Kier alpha value is -1.32. The smallest absolute Gasteiger partial charge is 0.276 e. The summed E-state index contributed by atoms with van der Waals surface area (Å²) in [7, 11) is 0. The van der Waals surface area contributed by atoms with Gasteiger partial charge in [0.25, 0.3) is 5.91 Å². The molecule has 3 rings (SSSR count). The Kier molecular flexibility index (Phi) is 4.84. The van der Waals surface area contributed by atoms with Gasteiger partial charge in [0.2, 0.25) is 0 Å². The van der Waals surface area contributed by atoms with Crippen molar-refractivity contribution in [1.29, 1.82) is 0 Å². The van der Waals surface area contributed by atoms with Gasteiger partial charge in [0.15, 0.2) is 11.6 Å². The molecule has 2 aliphatic rings. The van der Waals surface area contributed by atoms with Crippen molar-refractivity contribution in [2.24, 2.45) is 5.92 Å². The summed E-state index contributed by atoms with van der Waals surface area (Å²) in [6, 6.07) is 0.360. The fourth-order valence-corrected chi connectivity index (χ4v) is 3.61. The van der Waals surface area contributed by atoms with Crippen molar-refractivity contribution in [3.63, 3.8) is 0 Å². The van der Waals surface area contributed by atoms with E-state index in [1.807, 2.05) is 0 Å². The van der Waals surface area contributed by atoms with E-state index >= 15 is 0 Å². The number of amides is 1. The van der Waals surface area contributed by atoms with Gasteiger partial charge in [-0.15, -0.1) is 0 Å². The fraction of sp³-hybridized carbons (Fsp3) is 0.778. The second-order valence-corrected chi connectivity index (χ2v) is 7.33. The van der Waals surface area contributed by atoms with Gasteiger partial charge in [-0.2, -0.15) is 0 Å². The molecule has 4 nitrogen and oxygen atoms in total. The third kappa shape index (κ3) is 3.36. The van der Waals surface area contributed by atoms with Gasteiger partial charge < -0.3 is 9.32 Å². The summed E-state index contributed by atoms with van der Waals surface area (Å²) in [5.41, 5.74) is 0.512. The second-order valence-electron chi connectivity index (χ2n) is 7.33. The topological polar surface area (TPSA) is 46.3 Å². The summed E-state index contributed by atoms with van der Waals surface area (Å²) >= 11 is 0. The van der Waals surface area contributed by atoms with Crippen LogP contribution < -0.4 is 0 Å². The summed E-state index contributed by atoms with van der Waals surface area (Å²) in [5, 5.41) is 0. The minimum absolute atomic E-state index is 0.0712. The highest BCUT2D eigenvalue weighted by Crippen LogP contribution is 2.35. The van der Waals surface area contributed by atoms with E-state index in [1.165, 1.54) is 19.3 Å². The van der Waals surface area contributed by atoms with E-state index in [2.05, 4.69) is 23.7 Å². The largest absolute Gasteiger partial charge is 0.448 e. The van der Waals surface area contributed by atoms with Crippen LogP contribution in [0.15, 0.2) is 10.7 Å². The molecule has 1 saturated heterocycles. The van der Waals surface area contributed by atoms with E-state index in [-0.39, 0.29) is 5.91 Å². The lowest BCUT2D eigenvalue weighted by molar-refractivity contribution is 0.0655. The maximum Gasteiger partial charge on any atom is 0.276 e. The molecule has 1 atom stereocenters. The van der Waals surface area contributed by atoms with E-state index in [0.717, 1.165) is 44.5 Å². The Morgan fingerprint density at radius 3 is 2.77 bits per heavy atom. The average Bonchev–Trinajstić information content (AvgIpc) is 2.76. The Bertz CT molecular complexity index is 505. The summed E-state index contributed by atoms with van der Waals surface area (Å²) in [6.07, 6.45) is 10.9. The lowest BCUT2D eigenvalue weighted by atomic mass is 9.85. The Morgan fingerprint density at radius 1 is 1.27 bits per heavy atom. The standard InChI is InChI=1S/C18H28N2O2/c1-13(2)11-15-9-4-3-5-10-20(15)18(21)16-12-22-17(19-16)14-7-6-8-14/h12-15H,3-11H2,1-2H3/t15-/m1/s1. The molecular formula is C18H28N2O2. The van der Waals surface area contributed by atoms with Crippen molar-refractivity contribution < 1.29 is 9.21 Å². The number of rotatable bonds is 4. The number of hydrogen-bond donors (Lipinski definition) is 0. The van der Waals surface area contributed by atoms with Crippen molar-refractivity contribution in [1.82, 2.24) is 9.88 Å². The summed E-state index contributed by atoms with van der Waals surface area (Å²) in [5.74, 6) is 1.89. The number of carbonyl (C=O) groups excluding carboxylic acids is 1. The molecule has 1 saturated carbocycles. The molecule has 1 aliphatic heterocycles. The van der Waals surface area contributed by atoms with E-state index in [1.54, 1.807) is 6.26 Å². The van der Waals surface area contributed by atoms with E-state index in [0.29, 0.717) is 23.6 Å². The maximum absolute atomic E-state index is 12.9. The second kappa shape index (κ2) is 6.84. The van der Waals surface area contributed by atoms with Crippen LogP contribution in [0.5, 0.6) is 0 Å². The molecule has 0 unspecified atom stereocenters. The number of hydrogen-bond acceptors (Lipinski definition) is 3. The molecule has 0 bridgehead atoms. The molecule has 0 aromatic carbocycles. The molecule has 122 valence electrons. The summed E-state index contributed by atoms with van der Waals surface area (Å²) in [4.78, 5) is 19.4. The summed E-state index contributed by atoms with van der Waals surface area (Å²) in [6.45, 7) is 5.33. The normalized spacial score (nSPS) is 23.4. The molecule has 1 aromatic rings. The van der Waals surface area contributed by atoms with Gasteiger partial charge in [0, 0.05) is 18.5 Å². The zero-order chi connectivity index (χ0) is 15.5. The van der Waals surface area contributed by atoms with E-state index in [9.17, 15) is 4.79 Å². The van der Waals surface area contributed by atoms with Gasteiger partial charge in [-0.1, -0.05) is 33.1 Å². The molecule has 1 aliphatic carbocycles. The molecule has 1 amide bonds. The SMILES string of the molecule is CC(C)C[C@H]1CCCCCN1C(=O)c1coc(C2CCC2)n1. The van der Waals surface area contributed by atoms with Gasteiger partial charge in [-0.25, -0.2) is 4.98 Å². The van der Waals surface area contributed by atoms with Crippen molar-refractivity contribution in [3.05, 3.63) is 17.8 Å². The van der Waals surface area contributed by atoms with Crippen LogP contribution in [-0.2, 0) is 0 Å². The fourth-order valence-electron chi connectivity index (χ4n) is 3.61. The number of oxazole rings is 1. The van der Waals surface area contributed by atoms with Gasteiger partial charge in [0.1, 0.15) is 6.26 Å². The number of nitrogens with zero attached hydrogens (tertiary/aromatic N) is 2. The first kappa shape index (κ1) is 15.6. The van der Waals surface area contributed by atoms with Crippen molar-refractivity contribution in [2.45, 2.75) is 77.2 Å². The third-order valence-electron chi connectivity index (χ3n) is 5.08. The highest BCUT2D eigenvalue weighted by Gasteiger charge is 2.30. The Balaban J connectivity index is 1.73. The minimum Gasteiger partial charge on any atom is -0.448 e. The van der Waals surface area contributed by atoms with Gasteiger partial charge in [0.05, 0.1) is 0 Å². The third-order valence-corrected chi connectivity index (χ3v) is 5.08. The molecular weight excluding hydrogens is 276 g/mol. The molecule has 2 fully saturated rings. The minimum atomic E-state index is 0.0712. The van der Waals surface area contributed by atoms with Crippen molar-refractivity contribution in [2.75, 3.05) is 6.54 Å². The predicted molar refractivity (Wildman–Crippen MR) is 85.8 cm³/mol. The average molecular weight is 304 g/mol. The van der Waals surface area contributed by atoms with Crippen LogP contribution in [0.2, 0.25) is 0 Å². The number of aromatic nitrogens is 1. The van der Waals surface area contributed by atoms with Gasteiger partial charge >= 0.3 is 0 Å². The Morgan fingerprint density at radius 2 is 2.09 bits per heavy atom. The highest BCUT2D eigenvalue weighted by molar-refractivity contribution is 5.92. The lowest BCUT2D eigenvalue weighted by Gasteiger charge is -2.30. The Labute approximate surface area is 133 Å². The first-order chi connectivity index (χ1) is 10.6. The van der Waals surface area contributed by atoms with Gasteiger partial charge in [-0.05, 0) is 38.0 Å². The van der Waals surface area contributed by atoms with E-state index in [4.69, 9.17) is 4.42 Å². The molecule has 1 aromatic heterocycles. The highest BCUT2D eigenvalue weighted by atomic mass is 16.3. The van der Waals surface area contributed by atoms with Crippen molar-refractivity contribution >= 4 is 5.91 Å². The van der Waals surface area contributed by atoms with Crippen LogP contribution in [-0.4, -0.2) is 28.4 Å². The molecule has 2 heterocycles. The summed E-state index contributed by atoms with van der Waals surface area (Å²) < 4.78 is 5.57. The zero-order valence-corrected chi connectivity index (χ0v) is 13.9. The van der Waals surface area contributed by atoms with Gasteiger partial charge in [-0.3, -0.25) is 4.79 Å². The number of likely N-dealkylation sites (tertiary alicyclic amines) is 1. The van der Waals surface area contributed by atoms with Crippen LogP contribution in [0.4, 0.5) is 0 Å². The predicted octanol–water partition coefficient (Wildman–Crippen LogP) is 4.37. The molecule has 22 heavy (non-hydrogen) atoms. The first-order valence-corrected chi connectivity index (χ1v) is 8.91. The van der Waals surface area contributed by atoms with E-state index < -0.39 is 0 Å². The van der Waals surface area contributed by atoms with Crippen LogP contribution in [0.3, 0.4) is 0 Å². The molecule has 0 N–H and O–H groups in total. The monoisotopic (exact) mass is 304 g/mol. The molecule has 4 heteroatoms. The molecule has 0 spiro atoms.